The summed E-state index contributed by atoms with van der Waals surface area (Å²) in [5.74, 6) is 0.333. The molecule has 2 atom stereocenters. The first kappa shape index (κ1) is 17.7. The molecule has 0 saturated heterocycles. The van der Waals surface area contributed by atoms with Crippen molar-refractivity contribution >= 4 is 18.3 Å². The van der Waals surface area contributed by atoms with Gasteiger partial charge in [0, 0.05) is 25.1 Å². The van der Waals surface area contributed by atoms with Gasteiger partial charge in [-0.15, -0.1) is 12.4 Å². The minimum absolute atomic E-state index is 0. The molecule has 0 bridgehead atoms. The molecule has 0 spiro atoms. The highest BCUT2D eigenvalue weighted by molar-refractivity contribution is 5.85. The average Bonchev–Trinajstić information content (AvgIpc) is 2.86. The van der Waals surface area contributed by atoms with E-state index in [9.17, 15) is 4.79 Å². The SMILES string of the molecule is Cl.NC1CCC(C(=O)NCCCOC2CCCCC2)C1. The summed E-state index contributed by atoms with van der Waals surface area (Å²) in [5.41, 5.74) is 5.82. The number of amides is 1. The van der Waals surface area contributed by atoms with Crippen molar-refractivity contribution in [3.8, 4) is 0 Å². The summed E-state index contributed by atoms with van der Waals surface area (Å²) in [4.78, 5) is 11.8. The molecule has 4 nitrogen and oxygen atoms in total. The lowest BCUT2D eigenvalue weighted by molar-refractivity contribution is -0.124. The fourth-order valence-electron chi connectivity index (χ4n) is 3.16. The van der Waals surface area contributed by atoms with Crippen molar-refractivity contribution in [2.75, 3.05) is 13.2 Å². The average molecular weight is 305 g/mol. The highest BCUT2D eigenvalue weighted by atomic mass is 35.5. The van der Waals surface area contributed by atoms with Crippen LogP contribution in [0, 0.1) is 5.92 Å². The van der Waals surface area contributed by atoms with Crippen LogP contribution >= 0.6 is 12.4 Å². The molecule has 5 heteroatoms. The first-order valence-electron chi connectivity index (χ1n) is 7.90. The molecule has 3 N–H and O–H groups in total. The van der Waals surface area contributed by atoms with Crippen molar-refractivity contribution < 1.29 is 9.53 Å². The Morgan fingerprint density at radius 3 is 2.55 bits per heavy atom. The van der Waals surface area contributed by atoms with Crippen molar-refractivity contribution in [3.05, 3.63) is 0 Å². The fourth-order valence-corrected chi connectivity index (χ4v) is 3.16. The largest absolute Gasteiger partial charge is 0.378 e. The molecule has 118 valence electrons. The number of ether oxygens (including phenoxy) is 1. The first-order valence-corrected chi connectivity index (χ1v) is 7.90. The topological polar surface area (TPSA) is 64.4 Å². The van der Waals surface area contributed by atoms with Gasteiger partial charge in [0.2, 0.25) is 5.91 Å². The quantitative estimate of drug-likeness (QED) is 0.741. The first-order chi connectivity index (χ1) is 9.25. The second-order valence-corrected chi connectivity index (χ2v) is 6.05. The van der Waals surface area contributed by atoms with Crippen molar-refractivity contribution in [2.24, 2.45) is 11.7 Å². The summed E-state index contributed by atoms with van der Waals surface area (Å²) >= 11 is 0. The van der Waals surface area contributed by atoms with E-state index < -0.39 is 0 Å². The minimum Gasteiger partial charge on any atom is -0.378 e. The third-order valence-corrected chi connectivity index (χ3v) is 4.37. The molecule has 2 aliphatic carbocycles. The lowest BCUT2D eigenvalue weighted by Gasteiger charge is -2.22. The number of hydrogen-bond donors (Lipinski definition) is 2. The Kier molecular flexibility index (Phi) is 8.50. The number of nitrogens with one attached hydrogen (secondary N) is 1. The van der Waals surface area contributed by atoms with E-state index in [4.69, 9.17) is 10.5 Å². The van der Waals surface area contributed by atoms with E-state index in [-0.39, 0.29) is 30.3 Å². The third kappa shape index (κ3) is 5.98. The molecule has 0 heterocycles. The molecule has 1 amide bonds. The van der Waals surface area contributed by atoms with Gasteiger partial charge in [0.1, 0.15) is 0 Å². The summed E-state index contributed by atoms with van der Waals surface area (Å²) in [6.07, 6.45) is 10.6. The van der Waals surface area contributed by atoms with E-state index in [2.05, 4.69) is 5.32 Å². The number of halogens is 1. The van der Waals surface area contributed by atoms with E-state index in [1.165, 1.54) is 32.1 Å². The minimum atomic E-state index is 0. The fraction of sp³-hybridized carbons (Fsp3) is 0.933. The second-order valence-electron chi connectivity index (χ2n) is 6.05. The van der Waals surface area contributed by atoms with Gasteiger partial charge in [0.05, 0.1) is 6.10 Å². The van der Waals surface area contributed by atoms with Crippen LogP contribution in [0.2, 0.25) is 0 Å². The van der Waals surface area contributed by atoms with Crippen LogP contribution in [0.1, 0.15) is 57.8 Å². The van der Waals surface area contributed by atoms with Crippen LogP contribution in [0.15, 0.2) is 0 Å². The molecule has 0 radical (unpaired) electrons. The lowest BCUT2D eigenvalue weighted by atomic mass is 9.98. The maximum atomic E-state index is 11.8. The van der Waals surface area contributed by atoms with Crippen molar-refractivity contribution in [1.82, 2.24) is 5.32 Å². The summed E-state index contributed by atoms with van der Waals surface area (Å²) < 4.78 is 5.84. The molecule has 20 heavy (non-hydrogen) atoms. The van der Waals surface area contributed by atoms with Gasteiger partial charge in [-0.05, 0) is 38.5 Å². The molecular weight excluding hydrogens is 276 g/mol. The van der Waals surface area contributed by atoms with Crippen LogP contribution in [0.5, 0.6) is 0 Å². The number of carbonyl (C=O) groups is 1. The second kappa shape index (κ2) is 9.59. The van der Waals surface area contributed by atoms with E-state index in [0.717, 1.165) is 38.8 Å². The Bertz CT molecular complexity index is 283. The monoisotopic (exact) mass is 304 g/mol. The molecular formula is C15H29ClN2O2. The summed E-state index contributed by atoms with van der Waals surface area (Å²) in [7, 11) is 0. The zero-order valence-electron chi connectivity index (χ0n) is 12.3. The smallest absolute Gasteiger partial charge is 0.223 e. The van der Waals surface area contributed by atoms with Gasteiger partial charge in [0.25, 0.3) is 0 Å². The summed E-state index contributed by atoms with van der Waals surface area (Å²) in [6, 6.07) is 0.227. The van der Waals surface area contributed by atoms with Gasteiger partial charge in [0.15, 0.2) is 0 Å². The number of nitrogens with two attached hydrogens (primary N) is 1. The molecule has 0 aromatic carbocycles. The predicted molar refractivity (Wildman–Crippen MR) is 83.0 cm³/mol. The normalized spacial score (nSPS) is 27.1. The number of hydrogen-bond acceptors (Lipinski definition) is 3. The van der Waals surface area contributed by atoms with Crippen molar-refractivity contribution in [3.63, 3.8) is 0 Å². The Labute approximate surface area is 128 Å². The molecule has 2 aliphatic rings. The lowest BCUT2D eigenvalue weighted by Crippen LogP contribution is -2.31. The van der Waals surface area contributed by atoms with Crippen LogP contribution in [-0.2, 0) is 9.53 Å². The zero-order valence-corrected chi connectivity index (χ0v) is 13.1. The van der Waals surface area contributed by atoms with E-state index in [0.29, 0.717) is 6.10 Å². The van der Waals surface area contributed by atoms with Crippen LogP contribution in [0.3, 0.4) is 0 Å². The van der Waals surface area contributed by atoms with E-state index >= 15 is 0 Å². The Morgan fingerprint density at radius 2 is 1.90 bits per heavy atom. The highest BCUT2D eigenvalue weighted by Gasteiger charge is 2.27. The Hall–Kier alpha value is -0.320. The van der Waals surface area contributed by atoms with E-state index in [1.54, 1.807) is 0 Å². The summed E-state index contributed by atoms with van der Waals surface area (Å²) in [6.45, 7) is 1.51. The third-order valence-electron chi connectivity index (χ3n) is 4.37. The van der Waals surface area contributed by atoms with Gasteiger partial charge >= 0.3 is 0 Å². The zero-order chi connectivity index (χ0) is 13.5. The summed E-state index contributed by atoms with van der Waals surface area (Å²) in [5, 5.41) is 3.01. The van der Waals surface area contributed by atoms with Gasteiger partial charge in [-0.2, -0.15) is 0 Å². The van der Waals surface area contributed by atoms with Crippen LogP contribution in [-0.4, -0.2) is 31.2 Å². The Morgan fingerprint density at radius 1 is 1.15 bits per heavy atom. The maximum Gasteiger partial charge on any atom is 0.223 e. The molecule has 0 aliphatic heterocycles. The van der Waals surface area contributed by atoms with Crippen LogP contribution < -0.4 is 11.1 Å². The molecule has 2 fully saturated rings. The maximum absolute atomic E-state index is 11.8. The number of rotatable bonds is 6. The molecule has 0 aromatic heterocycles. The Balaban J connectivity index is 0.00000200. The van der Waals surface area contributed by atoms with Crippen molar-refractivity contribution in [2.45, 2.75) is 69.9 Å². The van der Waals surface area contributed by atoms with Gasteiger partial charge in [-0.25, -0.2) is 0 Å². The molecule has 2 unspecified atom stereocenters. The van der Waals surface area contributed by atoms with Gasteiger partial charge in [-0.1, -0.05) is 19.3 Å². The van der Waals surface area contributed by atoms with Crippen molar-refractivity contribution in [1.29, 1.82) is 0 Å². The predicted octanol–water partition coefficient (Wildman–Crippen LogP) is 2.39. The highest BCUT2D eigenvalue weighted by Crippen LogP contribution is 2.24. The molecule has 0 aromatic rings. The van der Waals surface area contributed by atoms with Gasteiger partial charge in [-0.3, -0.25) is 4.79 Å². The number of carbonyl (C=O) groups excluding carboxylic acids is 1. The molecule has 2 rings (SSSR count). The van der Waals surface area contributed by atoms with Gasteiger partial charge < -0.3 is 15.8 Å². The standard InChI is InChI=1S/C15H28N2O2.ClH/c16-13-8-7-12(11-13)15(18)17-9-4-10-19-14-5-2-1-3-6-14;/h12-14H,1-11,16H2,(H,17,18);1H. The molecule has 2 saturated carbocycles. The van der Waals surface area contributed by atoms with Crippen LogP contribution in [0.25, 0.3) is 0 Å². The van der Waals surface area contributed by atoms with E-state index in [1.807, 2.05) is 0 Å². The van der Waals surface area contributed by atoms with Crippen LogP contribution in [0.4, 0.5) is 0 Å².